The zero-order valence-corrected chi connectivity index (χ0v) is 5.62. The Labute approximate surface area is 59.9 Å². The molecule has 2 nitrogen and oxygen atoms in total. The molecule has 2 heteroatoms. The van der Waals surface area contributed by atoms with Gasteiger partial charge in [0.05, 0.1) is 5.92 Å². The number of hydrogen-bond donors (Lipinski definition) is 0. The molecule has 0 saturated heterocycles. The van der Waals surface area contributed by atoms with Crippen molar-refractivity contribution in [1.29, 1.82) is 0 Å². The third-order valence-corrected chi connectivity index (χ3v) is 1.92. The highest BCUT2D eigenvalue weighted by Gasteiger charge is 2.20. The predicted octanol–water partition coefficient (Wildman–Crippen LogP) is 1.00. The third-order valence-electron chi connectivity index (χ3n) is 1.92. The molecular weight excluding hydrogens is 124 g/mol. The van der Waals surface area contributed by atoms with Gasteiger partial charge < -0.3 is 4.57 Å². The van der Waals surface area contributed by atoms with Crippen LogP contribution in [0.2, 0.25) is 0 Å². The fourth-order valence-corrected chi connectivity index (χ4v) is 1.38. The van der Waals surface area contributed by atoms with Crippen molar-refractivity contribution in [1.82, 2.24) is 9.55 Å². The summed E-state index contributed by atoms with van der Waals surface area (Å²) in [5.41, 5.74) is 0. The molecule has 0 fully saturated rings. The van der Waals surface area contributed by atoms with Crippen LogP contribution in [0.4, 0.5) is 0 Å². The molecule has 1 aliphatic rings. The van der Waals surface area contributed by atoms with Crippen LogP contribution in [0.15, 0.2) is 12.4 Å². The van der Waals surface area contributed by atoms with Crippen LogP contribution < -0.4 is 0 Å². The first-order valence-corrected chi connectivity index (χ1v) is 3.39. The molecular formula is C8H8N2. The summed E-state index contributed by atoms with van der Waals surface area (Å²) >= 11 is 0. The lowest BCUT2D eigenvalue weighted by Crippen LogP contribution is -1.91. The molecule has 1 aromatic heterocycles. The zero-order valence-electron chi connectivity index (χ0n) is 5.62. The molecule has 0 saturated carbocycles. The van der Waals surface area contributed by atoms with Crippen LogP contribution in [-0.4, -0.2) is 9.55 Å². The maximum absolute atomic E-state index is 5.30. The van der Waals surface area contributed by atoms with Gasteiger partial charge in [0.15, 0.2) is 0 Å². The van der Waals surface area contributed by atoms with E-state index in [2.05, 4.69) is 15.5 Å². The summed E-state index contributed by atoms with van der Waals surface area (Å²) in [6, 6.07) is 0. The van der Waals surface area contributed by atoms with Crippen LogP contribution >= 0.6 is 0 Å². The number of terminal acetylenes is 1. The van der Waals surface area contributed by atoms with Gasteiger partial charge in [0.2, 0.25) is 0 Å². The van der Waals surface area contributed by atoms with Crippen molar-refractivity contribution in [3.8, 4) is 12.3 Å². The minimum absolute atomic E-state index is 0.259. The summed E-state index contributed by atoms with van der Waals surface area (Å²) in [6.07, 6.45) is 10.1. The SMILES string of the molecule is C#C[C@H]1CCn2ccnc21. The number of imidazole rings is 1. The highest BCUT2D eigenvalue weighted by Crippen LogP contribution is 2.24. The summed E-state index contributed by atoms with van der Waals surface area (Å²) in [7, 11) is 0. The Morgan fingerprint density at radius 2 is 2.70 bits per heavy atom. The van der Waals surface area contributed by atoms with E-state index in [-0.39, 0.29) is 5.92 Å². The Morgan fingerprint density at radius 3 is 3.50 bits per heavy atom. The van der Waals surface area contributed by atoms with E-state index in [0.717, 1.165) is 18.8 Å². The van der Waals surface area contributed by atoms with Gasteiger partial charge in [-0.05, 0) is 6.42 Å². The maximum Gasteiger partial charge on any atom is 0.123 e. The fourth-order valence-electron chi connectivity index (χ4n) is 1.38. The molecule has 2 heterocycles. The quantitative estimate of drug-likeness (QED) is 0.481. The highest BCUT2D eigenvalue weighted by atomic mass is 15.1. The average Bonchev–Trinajstić information content (AvgIpc) is 2.44. The Balaban J connectivity index is 2.46. The minimum Gasteiger partial charge on any atom is -0.334 e. The number of hydrogen-bond acceptors (Lipinski definition) is 1. The first-order valence-electron chi connectivity index (χ1n) is 3.39. The van der Waals surface area contributed by atoms with Crippen LogP contribution in [0.1, 0.15) is 18.2 Å². The number of rotatable bonds is 0. The van der Waals surface area contributed by atoms with Crippen molar-refractivity contribution in [2.24, 2.45) is 0 Å². The smallest absolute Gasteiger partial charge is 0.123 e. The van der Waals surface area contributed by atoms with Gasteiger partial charge in [0, 0.05) is 18.9 Å². The normalized spacial score (nSPS) is 22.1. The maximum atomic E-state index is 5.30. The van der Waals surface area contributed by atoms with E-state index >= 15 is 0 Å². The predicted molar refractivity (Wildman–Crippen MR) is 38.4 cm³/mol. The Bertz CT molecular complexity index is 280. The van der Waals surface area contributed by atoms with Gasteiger partial charge in [-0.1, -0.05) is 5.92 Å². The molecule has 50 valence electrons. The molecule has 1 aliphatic heterocycles. The highest BCUT2D eigenvalue weighted by molar-refractivity contribution is 5.17. The van der Waals surface area contributed by atoms with Crippen LogP contribution in [-0.2, 0) is 6.54 Å². The van der Waals surface area contributed by atoms with Crippen LogP contribution in [0.5, 0.6) is 0 Å². The van der Waals surface area contributed by atoms with Gasteiger partial charge in [0.1, 0.15) is 5.82 Å². The number of nitrogens with zero attached hydrogens (tertiary/aromatic N) is 2. The first-order chi connectivity index (χ1) is 4.92. The van der Waals surface area contributed by atoms with E-state index in [1.165, 1.54) is 0 Å². The van der Waals surface area contributed by atoms with E-state index in [9.17, 15) is 0 Å². The van der Waals surface area contributed by atoms with Crippen molar-refractivity contribution >= 4 is 0 Å². The number of fused-ring (bicyclic) bond motifs is 1. The Hall–Kier alpha value is -1.23. The Morgan fingerprint density at radius 1 is 1.80 bits per heavy atom. The molecule has 0 aromatic carbocycles. The number of aryl methyl sites for hydroxylation is 1. The Kier molecular flexibility index (Phi) is 1.04. The molecule has 0 bridgehead atoms. The van der Waals surface area contributed by atoms with E-state index in [0.29, 0.717) is 0 Å². The third kappa shape index (κ3) is 0.577. The van der Waals surface area contributed by atoms with E-state index < -0.39 is 0 Å². The van der Waals surface area contributed by atoms with Crippen LogP contribution in [0.3, 0.4) is 0 Å². The lowest BCUT2D eigenvalue weighted by atomic mass is 10.1. The van der Waals surface area contributed by atoms with Gasteiger partial charge in [0.25, 0.3) is 0 Å². The van der Waals surface area contributed by atoms with Crippen molar-refractivity contribution in [2.45, 2.75) is 18.9 Å². The molecule has 1 atom stereocenters. The van der Waals surface area contributed by atoms with Gasteiger partial charge in [-0.3, -0.25) is 0 Å². The molecule has 0 spiro atoms. The van der Waals surface area contributed by atoms with Crippen molar-refractivity contribution in [3.05, 3.63) is 18.2 Å². The van der Waals surface area contributed by atoms with Crippen LogP contribution in [0, 0.1) is 12.3 Å². The van der Waals surface area contributed by atoms with Crippen LogP contribution in [0.25, 0.3) is 0 Å². The van der Waals surface area contributed by atoms with Crippen molar-refractivity contribution < 1.29 is 0 Å². The average molecular weight is 132 g/mol. The molecule has 0 unspecified atom stereocenters. The lowest BCUT2D eigenvalue weighted by Gasteiger charge is -1.94. The topological polar surface area (TPSA) is 17.8 Å². The van der Waals surface area contributed by atoms with Gasteiger partial charge >= 0.3 is 0 Å². The summed E-state index contributed by atoms with van der Waals surface area (Å²) in [4.78, 5) is 4.17. The second-order valence-corrected chi connectivity index (χ2v) is 2.49. The summed E-state index contributed by atoms with van der Waals surface area (Å²) < 4.78 is 2.12. The lowest BCUT2D eigenvalue weighted by molar-refractivity contribution is 0.736. The van der Waals surface area contributed by atoms with Crippen molar-refractivity contribution in [3.63, 3.8) is 0 Å². The fraction of sp³-hybridized carbons (Fsp3) is 0.375. The second-order valence-electron chi connectivity index (χ2n) is 2.49. The van der Waals surface area contributed by atoms with E-state index in [1.54, 1.807) is 6.20 Å². The molecule has 0 N–H and O–H groups in total. The molecule has 0 aliphatic carbocycles. The molecule has 1 aromatic rings. The van der Waals surface area contributed by atoms with Gasteiger partial charge in [-0.25, -0.2) is 4.98 Å². The summed E-state index contributed by atoms with van der Waals surface area (Å²) in [6.45, 7) is 1.03. The largest absolute Gasteiger partial charge is 0.334 e. The zero-order chi connectivity index (χ0) is 6.97. The summed E-state index contributed by atoms with van der Waals surface area (Å²) in [5.74, 6) is 4.04. The molecule has 10 heavy (non-hydrogen) atoms. The molecule has 0 amide bonds. The monoisotopic (exact) mass is 132 g/mol. The number of aromatic nitrogens is 2. The molecule has 2 rings (SSSR count). The minimum atomic E-state index is 0.259. The first kappa shape index (κ1) is 5.55. The second kappa shape index (κ2) is 1.88. The van der Waals surface area contributed by atoms with Gasteiger partial charge in [-0.15, -0.1) is 6.42 Å². The van der Waals surface area contributed by atoms with E-state index in [4.69, 9.17) is 6.42 Å². The van der Waals surface area contributed by atoms with Gasteiger partial charge in [-0.2, -0.15) is 0 Å². The standard InChI is InChI=1S/C8H8N2/c1-2-7-3-5-10-6-4-9-8(7)10/h1,4,6-7H,3,5H2/t7-/m0/s1. The molecule has 0 radical (unpaired) electrons. The summed E-state index contributed by atoms with van der Waals surface area (Å²) in [5, 5.41) is 0. The van der Waals surface area contributed by atoms with Crippen molar-refractivity contribution in [2.75, 3.05) is 0 Å². The van der Waals surface area contributed by atoms with E-state index in [1.807, 2.05) is 6.20 Å².